The highest BCUT2D eigenvalue weighted by molar-refractivity contribution is 7.18. The van der Waals surface area contributed by atoms with E-state index in [2.05, 4.69) is 10.4 Å². The molecule has 0 bridgehead atoms. The maximum absolute atomic E-state index is 12.7. The third-order valence-electron chi connectivity index (χ3n) is 4.20. The molecule has 168 valence electrons. The molecule has 12 heteroatoms. The number of nitrogens with two attached hydrogens (primary N) is 1. The molecule has 0 unspecified atom stereocenters. The summed E-state index contributed by atoms with van der Waals surface area (Å²) in [6.07, 6.45) is 1.54. The molecule has 32 heavy (non-hydrogen) atoms. The van der Waals surface area contributed by atoms with Gasteiger partial charge in [0, 0.05) is 11.2 Å². The highest BCUT2D eigenvalue weighted by atomic mass is 35.5. The molecule has 0 aliphatic carbocycles. The first-order chi connectivity index (χ1) is 15.2. The number of aromatic nitrogens is 2. The van der Waals surface area contributed by atoms with E-state index in [1.54, 1.807) is 38.2 Å². The molecule has 1 aromatic carbocycles. The topological polar surface area (TPSA) is 126 Å². The number of carbonyl (C=O) groups is 3. The van der Waals surface area contributed by atoms with Crippen molar-refractivity contribution in [3.63, 3.8) is 0 Å². The highest BCUT2D eigenvalue weighted by Crippen LogP contribution is 2.34. The molecule has 0 saturated heterocycles. The smallest absolute Gasteiger partial charge is 0.341 e. The highest BCUT2D eigenvalue weighted by Gasteiger charge is 2.26. The van der Waals surface area contributed by atoms with Crippen molar-refractivity contribution in [2.24, 2.45) is 5.73 Å². The van der Waals surface area contributed by atoms with E-state index in [9.17, 15) is 14.4 Å². The van der Waals surface area contributed by atoms with Crippen LogP contribution in [-0.2, 0) is 11.5 Å². The fraction of sp³-hybridized carbons (Fsp3) is 0.200. The van der Waals surface area contributed by atoms with E-state index >= 15 is 0 Å². The number of hydrogen-bond donors (Lipinski definition) is 2. The third-order valence-corrected chi connectivity index (χ3v) is 5.95. The zero-order valence-corrected chi connectivity index (χ0v) is 19.3. The number of primary amides is 1. The van der Waals surface area contributed by atoms with Gasteiger partial charge in [0.1, 0.15) is 10.8 Å². The van der Waals surface area contributed by atoms with Gasteiger partial charge in [0.15, 0.2) is 12.4 Å². The number of nitrogens with zero attached hydrogens (tertiary/aromatic N) is 2. The summed E-state index contributed by atoms with van der Waals surface area (Å²) >= 11 is 12.8. The van der Waals surface area contributed by atoms with Gasteiger partial charge in [-0.3, -0.25) is 9.59 Å². The number of carbonyl (C=O) groups excluding carboxylic acids is 3. The minimum absolute atomic E-state index is 0.00730. The maximum Gasteiger partial charge on any atom is 0.341 e. The molecule has 2 heterocycles. The van der Waals surface area contributed by atoms with Gasteiger partial charge in [0.2, 0.25) is 0 Å². The molecule has 3 N–H and O–H groups in total. The van der Waals surface area contributed by atoms with E-state index in [-0.39, 0.29) is 34.5 Å². The van der Waals surface area contributed by atoms with Crippen LogP contribution in [0.25, 0.3) is 0 Å². The lowest BCUT2D eigenvalue weighted by molar-refractivity contribution is 0.0527. The second-order valence-electron chi connectivity index (χ2n) is 6.39. The molecule has 3 rings (SSSR count). The van der Waals surface area contributed by atoms with Gasteiger partial charge >= 0.3 is 5.97 Å². The van der Waals surface area contributed by atoms with Crippen LogP contribution in [0.4, 0.5) is 5.00 Å². The summed E-state index contributed by atoms with van der Waals surface area (Å²) in [6.45, 7) is 3.34. The standard InChI is InChI=1S/C20H18Cl2N4O5S/c1-3-30-20(29)15-10(2)16(17(23)27)32-19(15)24-18(28)13-6-7-26(25-13)9-31-14-5-4-11(21)8-12(14)22/h4-8H,3,9H2,1-2H3,(H2,23,27)(H,24,28). The van der Waals surface area contributed by atoms with Gasteiger partial charge in [0.25, 0.3) is 11.8 Å². The molecule has 2 amide bonds. The lowest BCUT2D eigenvalue weighted by Gasteiger charge is -2.08. The Kier molecular flexibility index (Phi) is 7.39. The molecule has 0 radical (unpaired) electrons. The summed E-state index contributed by atoms with van der Waals surface area (Å²) in [7, 11) is 0. The van der Waals surface area contributed by atoms with Crippen LogP contribution in [0.1, 0.15) is 43.0 Å². The SMILES string of the molecule is CCOC(=O)c1c(NC(=O)c2ccn(COc3ccc(Cl)cc3Cl)n2)sc(C(N)=O)c1C. The van der Waals surface area contributed by atoms with E-state index in [1.165, 1.54) is 10.7 Å². The Balaban J connectivity index is 1.75. The number of amides is 2. The van der Waals surface area contributed by atoms with Crippen molar-refractivity contribution in [1.82, 2.24) is 9.78 Å². The Morgan fingerprint density at radius 3 is 2.66 bits per heavy atom. The Morgan fingerprint density at radius 1 is 1.25 bits per heavy atom. The van der Waals surface area contributed by atoms with Crippen molar-refractivity contribution < 1.29 is 23.9 Å². The van der Waals surface area contributed by atoms with Gasteiger partial charge in [-0.15, -0.1) is 11.3 Å². The largest absolute Gasteiger partial charge is 0.470 e. The van der Waals surface area contributed by atoms with Crippen LogP contribution in [0.3, 0.4) is 0 Å². The number of esters is 1. The summed E-state index contributed by atoms with van der Waals surface area (Å²) in [6, 6.07) is 6.27. The van der Waals surface area contributed by atoms with Crippen LogP contribution in [0.5, 0.6) is 5.75 Å². The van der Waals surface area contributed by atoms with Gasteiger partial charge in [-0.2, -0.15) is 5.10 Å². The molecule has 0 atom stereocenters. The first-order valence-corrected chi connectivity index (χ1v) is 10.8. The van der Waals surface area contributed by atoms with Crippen LogP contribution in [0, 0.1) is 6.92 Å². The normalized spacial score (nSPS) is 10.6. The van der Waals surface area contributed by atoms with E-state index < -0.39 is 17.8 Å². The summed E-state index contributed by atoms with van der Waals surface area (Å²) in [5, 5.41) is 7.72. The van der Waals surface area contributed by atoms with E-state index in [1.807, 2.05) is 0 Å². The van der Waals surface area contributed by atoms with Crippen molar-refractivity contribution in [2.75, 3.05) is 11.9 Å². The molecule has 0 spiro atoms. The second kappa shape index (κ2) is 10.0. The first-order valence-electron chi connectivity index (χ1n) is 9.24. The van der Waals surface area contributed by atoms with Crippen molar-refractivity contribution in [3.8, 4) is 5.75 Å². The Labute approximate surface area is 197 Å². The van der Waals surface area contributed by atoms with Crippen LogP contribution in [0.2, 0.25) is 10.0 Å². The summed E-state index contributed by atoms with van der Waals surface area (Å²) < 4.78 is 12.0. The average Bonchev–Trinajstić information content (AvgIpc) is 3.32. The number of rotatable bonds is 8. The van der Waals surface area contributed by atoms with Crippen molar-refractivity contribution >= 4 is 57.3 Å². The molecule has 9 nitrogen and oxygen atoms in total. The number of ether oxygens (including phenoxy) is 2. The number of hydrogen-bond acceptors (Lipinski definition) is 7. The Bertz CT molecular complexity index is 1190. The van der Waals surface area contributed by atoms with E-state index in [4.69, 9.17) is 38.4 Å². The van der Waals surface area contributed by atoms with Crippen molar-refractivity contribution in [3.05, 3.63) is 62.2 Å². The van der Waals surface area contributed by atoms with Crippen LogP contribution in [0.15, 0.2) is 30.5 Å². The van der Waals surface area contributed by atoms with Crippen molar-refractivity contribution in [1.29, 1.82) is 0 Å². The first kappa shape index (κ1) is 23.6. The van der Waals surface area contributed by atoms with Crippen molar-refractivity contribution in [2.45, 2.75) is 20.6 Å². The summed E-state index contributed by atoms with van der Waals surface area (Å²) in [4.78, 5) is 36.9. The van der Waals surface area contributed by atoms with E-state index in [0.29, 0.717) is 21.4 Å². The lowest BCUT2D eigenvalue weighted by atomic mass is 10.1. The summed E-state index contributed by atoms with van der Waals surface area (Å²) in [5.41, 5.74) is 5.87. The predicted molar refractivity (Wildman–Crippen MR) is 121 cm³/mol. The lowest BCUT2D eigenvalue weighted by Crippen LogP contribution is -2.16. The molecule has 0 aliphatic heterocycles. The monoisotopic (exact) mass is 496 g/mol. The molecule has 0 aliphatic rings. The van der Waals surface area contributed by atoms with Crippen LogP contribution < -0.4 is 15.8 Å². The van der Waals surface area contributed by atoms with Crippen LogP contribution >= 0.6 is 34.5 Å². The quantitative estimate of drug-likeness (QED) is 0.451. The van der Waals surface area contributed by atoms with Gasteiger partial charge < -0.3 is 20.5 Å². The number of anilines is 1. The van der Waals surface area contributed by atoms with Gasteiger partial charge in [0.05, 0.1) is 22.1 Å². The number of nitrogens with one attached hydrogen (secondary N) is 1. The molecule has 0 fully saturated rings. The fourth-order valence-electron chi connectivity index (χ4n) is 2.74. The van der Waals surface area contributed by atoms with Crippen LogP contribution in [-0.4, -0.2) is 34.2 Å². The van der Waals surface area contributed by atoms with Gasteiger partial charge in [-0.05, 0) is 43.7 Å². The molecule has 3 aromatic rings. The Morgan fingerprint density at radius 2 is 2.00 bits per heavy atom. The predicted octanol–water partition coefficient (Wildman–Crippen LogP) is 4.12. The zero-order chi connectivity index (χ0) is 23.4. The van der Waals surface area contributed by atoms with Gasteiger partial charge in [-0.25, -0.2) is 9.48 Å². The molecule has 0 saturated carbocycles. The minimum Gasteiger partial charge on any atom is -0.470 e. The number of thiophene rings is 1. The Hall–Kier alpha value is -3.08. The molecule has 2 aromatic heterocycles. The number of halogens is 2. The fourth-order valence-corrected chi connectivity index (χ4v) is 4.24. The minimum atomic E-state index is -0.708. The zero-order valence-electron chi connectivity index (χ0n) is 17.0. The molecular formula is C20H18Cl2N4O5S. The molecular weight excluding hydrogens is 479 g/mol. The van der Waals surface area contributed by atoms with E-state index in [0.717, 1.165) is 11.3 Å². The third kappa shape index (κ3) is 5.21. The number of benzene rings is 1. The maximum atomic E-state index is 12.7. The van der Waals surface area contributed by atoms with Gasteiger partial charge in [-0.1, -0.05) is 23.2 Å². The second-order valence-corrected chi connectivity index (χ2v) is 8.25. The summed E-state index contributed by atoms with van der Waals surface area (Å²) in [5.74, 6) is -1.55. The average molecular weight is 497 g/mol.